The molecule has 1 unspecified atom stereocenters. The number of nitrogens with one attached hydrogen (secondary N) is 1. The minimum Gasteiger partial charge on any atom is -0.350 e. The summed E-state index contributed by atoms with van der Waals surface area (Å²) in [4.78, 5) is 12.1. The van der Waals surface area contributed by atoms with E-state index < -0.39 is 5.82 Å². The molecule has 0 saturated heterocycles. The average Bonchev–Trinajstić information content (AvgIpc) is 2.52. The summed E-state index contributed by atoms with van der Waals surface area (Å²) >= 11 is 5.87. The fourth-order valence-corrected chi connectivity index (χ4v) is 2.47. The zero-order valence-corrected chi connectivity index (χ0v) is 13.9. The van der Waals surface area contributed by atoms with Crippen molar-refractivity contribution in [3.8, 4) is 0 Å². The first-order valence-corrected chi connectivity index (χ1v) is 7.85. The monoisotopic (exact) mass is 334 g/mol. The number of amides is 1. The zero-order chi connectivity index (χ0) is 17.0. The molecule has 122 valence electrons. The number of nitrogens with two attached hydrogens (primary N) is 1. The maximum absolute atomic E-state index is 13.0. The van der Waals surface area contributed by atoms with Crippen LogP contribution in [0.25, 0.3) is 0 Å². The number of carbonyl (C=O) groups is 1. The van der Waals surface area contributed by atoms with Gasteiger partial charge in [0.15, 0.2) is 0 Å². The van der Waals surface area contributed by atoms with Gasteiger partial charge in [-0.25, -0.2) is 4.39 Å². The Hall–Kier alpha value is -1.91. The summed E-state index contributed by atoms with van der Waals surface area (Å²) in [6.07, 6.45) is 0. The molecule has 1 amide bonds. The van der Waals surface area contributed by atoms with Gasteiger partial charge < -0.3 is 11.1 Å². The number of carbonyl (C=O) groups excluding carboxylic acids is 1. The van der Waals surface area contributed by atoms with E-state index in [1.807, 2.05) is 24.3 Å². The van der Waals surface area contributed by atoms with Crippen molar-refractivity contribution in [3.05, 3.63) is 70.0 Å². The standard InChI is InChI=1S/C18H20ClFN2O/c1-11(2)12-3-5-13(6-4-12)17(21)10-22-18(23)15-8-7-14(20)9-16(15)19/h3-9,11,17H,10,21H2,1-2H3,(H,22,23). The van der Waals surface area contributed by atoms with Gasteiger partial charge >= 0.3 is 0 Å². The fourth-order valence-electron chi connectivity index (χ4n) is 2.22. The van der Waals surface area contributed by atoms with Crippen molar-refractivity contribution in [3.63, 3.8) is 0 Å². The average molecular weight is 335 g/mol. The van der Waals surface area contributed by atoms with E-state index in [2.05, 4.69) is 19.2 Å². The van der Waals surface area contributed by atoms with Crippen LogP contribution < -0.4 is 11.1 Å². The van der Waals surface area contributed by atoms with Gasteiger partial charge in [-0.2, -0.15) is 0 Å². The number of halogens is 2. The molecule has 1 atom stereocenters. The number of benzene rings is 2. The number of rotatable bonds is 5. The van der Waals surface area contributed by atoms with E-state index in [0.717, 1.165) is 11.6 Å². The van der Waals surface area contributed by atoms with Crippen molar-refractivity contribution in [2.45, 2.75) is 25.8 Å². The highest BCUT2D eigenvalue weighted by atomic mass is 35.5. The summed E-state index contributed by atoms with van der Waals surface area (Å²) in [5.74, 6) is -0.390. The molecule has 5 heteroatoms. The third-order valence-corrected chi connectivity index (χ3v) is 4.00. The third-order valence-electron chi connectivity index (χ3n) is 3.69. The molecule has 2 aromatic carbocycles. The summed E-state index contributed by atoms with van der Waals surface area (Å²) in [6.45, 7) is 4.52. The maximum Gasteiger partial charge on any atom is 0.252 e. The van der Waals surface area contributed by atoms with Gasteiger partial charge in [-0.1, -0.05) is 49.7 Å². The summed E-state index contributed by atoms with van der Waals surface area (Å²) in [6, 6.07) is 11.4. The van der Waals surface area contributed by atoms with E-state index in [-0.39, 0.29) is 29.1 Å². The van der Waals surface area contributed by atoms with Crippen LogP contribution in [-0.2, 0) is 0 Å². The molecule has 0 radical (unpaired) electrons. The maximum atomic E-state index is 13.0. The zero-order valence-electron chi connectivity index (χ0n) is 13.1. The van der Waals surface area contributed by atoms with E-state index in [9.17, 15) is 9.18 Å². The minimum absolute atomic E-state index is 0.0809. The van der Waals surface area contributed by atoms with Crippen LogP contribution >= 0.6 is 11.6 Å². The van der Waals surface area contributed by atoms with E-state index in [4.69, 9.17) is 17.3 Å². The Bertz CT molecular complexity index is 686. The Balaban J connectivity index is 1.98. The summed E-state index contributed by atoms with van der Waals surface area (Å²) in [5, 5.41) is 2.80. The molecule has 0 bridgehead atoms. The Morgan fingerprint density at radius 3 is 2.35 bits per heavy atom. The molecule has 0 aliphatic rings. The van der Waals surface area contributed by atoms with Crippen LogP contribution in [0.2, 0.25) is 5.02 Å². The first-order chi connectivity index (χ1) is 10.9. The Morgan fingerprint density at radius 2 is 1.78 bits per heavy atom. The van der Waals surface area contributed by atoms with E-state index in [1.165, 1.54) is 17.7 Å². The van der Waals surface area contributed by atoms with E-state index in [1.54, 1.807) is 0 Å². The molecule has 3 nitrogen and oxygen atoms in total. The van der Waals surface area contributed by atoms with Crippen molar-refractivity contribution in [2.75, 3.05) is 6.54 Å². The summed E-state index contributed by atoms with van der Waals surface area (Å²) < 4.78 is 13.0. The quantitative estimate of drug-likeness (QED) is 0.867. The lowest BCUT2D eigenvalue weighted by molar-refractivity contribution is 0.0951. The molecule has 0 aliphatic carbocycles. The van der Waals surface area contributed by atoms with Gasteiger partial charge in [-0.3, -0.25) is 4.79 Å². The molecule has 0 heterocycles. The van der Waals surface area contributed by atoms with Crippen LogP contribution in [0.1, 0.15) is 47.3 Å². The van der Waals surface area contributed by atoms with Crippen molar-refractivity contribution in [1.82, 2.24) is 5.32 Å². The van der Waals surface area contributed by atoms with Crippen LogP contribution in [0.15, 0.2) is 42.5 Å². The molecule has 0 saturated carbocycles. The molecular weight excluding hydrogens is 315 g/mol. The Labute approximate surface area is 140 Å². The highest BCUT2D eigenvalue weighted by Crippen LogP contribution is 2.19. The van der Waals surface area contributed by atoms with Crippen molar-refractivity contribution >= 4 is 17.5 Å². The SMILES string of the molecule is CC(C)c1ccc(C(N)CNC(=O)c2ccc(F)cc2Cl)cc1. The van der Waals surface area contributed by atoms with Gasteiger partial charge in [-0.05, 0) is 35.2 Å². The Kier molecular flexibility index (Phi) is 5.74. The second kappa shape index (κ2) is 7.57. The van der Waals surface area contributed by atoms with Crippen LogP contribution in [0.4, 0.5) is 4.39 Å². The van der Waals surface area contributed by atoms with Gasteiger partial charge in [0.25, 0.3) is 5.91 Å². The van der Waals surface area contributed by atoms with Gasteiger partial charge in [0.05, 0.1) is 10.6 Å². The largest absolute Gasteiger partial charge is 0.350 e. The second-order valence-corrected chi connectivity index (χ2v) is 6.17. The predicted octanol–water partition coefficient (Wildman–Crippen LogP) is 4.03. The Morgan fingerprint density at radius 1 is 1.17 bits per heavy atom. The molecule has 2 aromatic rings. The topological polar surface area (TPSA) is 55.1 Å². The van der Waals surface area contributed by atoms with Crippen LogP contribution in [0, 0.1) is 5.82 Å². The smallest absolute Gasteiger partial charge is 0.252 e. The molecule has 23 heavy (non-hydrogen) atoms. The van der Waals surface area contributed by atoms with Gasteiger partial charge in [-0.15, -0.1) is 0 Å². The summed E-state index contributed by atoms with van der Waals surface area (Å²) in [5.41, 5.74) is 8.52. The fraction of sp³-hybridized carbons (Fsp3) is 0.278. The lowest BCUT2D eigenvalue weighted by Gasteiger charge is -2.15. The molecule has 0 aromatic heterocycles. The number of hydrogen-bond acceptors (Lipinski definition) is 2. The number of hydrogen-bond donors (Lipinski definition) is 2. The van der Waals surface area contributed by atoms with Crippen molar-refractivity contribution in [2.24, 2.45) is 5.73 Å². The van der Waals surface area contributed by atoms with E-state index in [0.29, 0.717) is 5.92 Å². The van der Waals surface area contributed by atoms with E-state index >= 15 is 0 Å². The second-order valence-electron chi connectivity index (χ2n) is 5.76. The van der Waals surface area contributed by atoms with Gasteiger partial charge in [0.2, 0.25) is 0 Å². The molecule has 2 rings (SSSR count). The van der Waals surface area contributed by atoms with Crippen LogP contribution in [0.3, 0.4) is 0 Å². The molecule has 0 fully saturated rings. The minimum atomic E-state index is -0.478. The molecule has 3 N–H and O–H groups in total. The lowest BCUT2D eigenvalue weighted by atomic mass is 9.99. The lowest BCUT2D eigenvalue weighted by Crippen LogP contribution is -2.32. The van der Waals surface area contributed by atoms with Gasteiger partial charge in [0.1, 0.15) is 5.82 Å². The molecular formula is C18H20ClFN2O. The third kappa shape index (κ3) is 4.53. The first-order valence-electron chi connectivity index (χ1n) is 7.47. The highest BCUT2D eigenvalue weighted by molar-refractivity contribution is 6.33. The predicted molar refractivity (Wildman–Crippen MR) is 91.2 cm³/mol. The molecule has 0 aliphatic heterocycles. The van der Waals surface area contributed by atoms with Crippen molar-refractivity contribution < 1.29 is 9.18 Å². The normalized spacial score (nSPS) is 12.3. The summed E-state index contributed by atoms with van der Waals surface area (Å²) in [7, 11) is 0. The van der Waals surface area contributed by atoms with Gasteiger partial charge in [0, 0.05) is 12.6 Å². The highest BCUT2D eigenvalue weighted by Gasteiger charge is 2.13. The molecule has 0 spiro atoms. The van der Waals surface area contributed by atoms with Crippen LogP contribution in [0.5, 0.6) is 0 Å². The van der Waals surface area contributed by atoms with Crippen LogP contribution in [-0.4, -0.2) is 12.5 Å². The first kappa shape index (κ1) is 17.4. The van der Waals surface area contributed by atoms with Crippen molar-refractivity contribution in [1.29, 1.82) is 0 Å².